The number of anilines is 1. The summed E-state index contributed by atoms with van der Waals surface area (Å²) in [6, 6.07) is 12.7. The van der Waals surface area contributed by atoms with E-state index >= 15 is 0 Å². The summed E-state index contributed by atoms with van der Waals surface area (Å²) in [4.78, 5) is 14.4. The third-order valence-corrected chi connectivity index (χ3v) is 3.19. The predicted octanol–water partition coefficient (Wildman–Crippen LogP) is 3.86. The van der Waals surface area contributed by atoms with Gasteiger partial charge in [-0.25, -0.2) is 4.98 Å². The predicted molar refractivity (Wildman–Crippen MR) is 79.2 cm³/mol. The van der Waals surface area contributed by atoms with Gasteiger partial charge in [-0.2, -0.15) is 0 Å². The van der Waals surface area contributed by atoms with Crippen molar-refractivity contribution in [3.05, 3.63) is 63.3 Å². The van der Waals surface area contributed by atoms with Gasteiger partial charge < -0.3 is 5.32 Å². The minimum Gasteiger partial charge on any atom is -0.364 e. The fourth-order valence-corrected chi connectivity index (χ4v) is 2.00. The Morgan fingerprint density at radius 1 is 1.30 bits per heavy atom. The topological polar surface area (TPSA) is 68.1 Å². The van der Waals surface area contributed by atoms with E-state index in [9.17, 15) is 10.1 Å². The molecule has 0 fully saturated rings. The molecule has 1 unspecified atom stereocenters. The highest BCUT2D eigenvalue weighted by molar-refractivity contribution is 6.29. The number of nitrogens with zero attached hydrogens (tertiary/aromatic N) is 2. The van der Waals surface area contributed by atoms with Crippen molar-refractivity contribution in [2.24, 2.45) is 0 Å². The van der Waals surface area contributed by atoms with Crippen molar-refractivity contribution in [1.29, 1.82) is 0 Å². The molecule has 0 amide bonds. The normalized spacial score (nSPS) is 11.9. The molecule has 0 bridgehead atoms. The first kappa shape index (κ1) is 14.3. The summed E-state index contributed by atoms with van der Waals surface area (Å²) in [6.45, 7) is 2.58. The van der Waals surface area contributed by atoms with Crippen molar-refractivity contribution in [1.82, 2.24) is 4.98 Å². The third-order valence-electron chi connectivity index (χ3n) is 2.98. The Bertz CT molecular complexity index is 605. The third kappa shape index (κ3) is 3.45. The number of halogens is 1. The van der Waals surface area contributed by atoms with Crippen LogP contribution in [0.3, 0.4) is 0 Å². The first-order valence-electron chi connectivity index (χ1n) is 6.17. The van der Waals surface area contributed by atoms with Crippen molar-refractivity contribution in [2.45, 2.75) is 12.8 Å². The summed E-state index contributed by atoms with van der Waals surface area (Å²) in [5, 5.41) is 14.2. The largest absolute Gasteiger partial charge is 0.364 e. The zero-order chi connectivity index (χ0) is 14.5. The molecule has 104 valence electrons. The summed E-state index contributed by atoms with van der Waals surface area (Å²) in [5.41, 5.74) is 1.08. The molecule has 1 aromatic heterocycles. The first-order chi connectivity index (χ1) is 9.58. The second kappa shape index (κ2) is 6.34. The molecular weight excluding hydrogens is 278 g/mol. The minimum atomic E-state index is -0.473. The van der Waals surface area contributed by atoms with E-state index < -0.39 is 4.92 Å². The smallest absolute Gasteiger partial charge is 0.311 e. The Morgan fingerprint density at radius 2 is 2.00 bits per heavy atom. The number of benzene rings is 1. The van der Waals surface area contributed by atoms with Crippen LogP contribution < -0.4 is 5.32 Å². The quantitative estimate of drug-likeness (QED) is 0.516. The number of hydrogen-bond donors (Lipinski definition) is 1. The first-order valence-corrected chi connectivity index (χ1v) is 6.55. The lowest BCUT2D eigenvalue weighted by molar-refractivity contribution is -0.384. The molecule has 1 aromatic carbocycles. The molecule has 1 N–H and O–H groups in total. The lowest BCUT2D eigenvalue weighted by Gasteiger charge is -2.13. The van der Waals surface area contributed by atoms with Crippen LogP contribution in [0.4, 0.5) is 11.5 Å². The molecule has 0 saturated heterocycles. The Kier molecular flexibility index (Phi) is 4.53. The zero-order valence-electron chi connectivity index (χ0n) is 10.9. The van der Waals surface area contributed by atoms with Gasteiger partial charge >= 0.3 is 5.69 Å². The molecule has 0 aliphatic carbocycles. The zero-order valence-corrected chi connectivity index (χ0v) is 11.7. The van der Waals surface area contributed by atoms with Crippen molar-refractivity contribution in [3.63, 3.8) is 0 Å². The van der Waals surface area contributed by atoms with Crippen LogP contribution in [-0.4, -0.2) is 16.5 Å². The van der Waals surface area contributed by atoms with Crippen molar-refractivity contribution in [2.75, 3.05) is 11.9 Å². The van der Waals surface area contributed by atoms with E-state index in [4.69, 9.17) is 11.6 Å². The number of hydrogen-bond acceptors (Lipinski definition) is 4. The lowest BCUT2D eigenvalue weighted by atomic mass is 10.0. The minimum absolute atomic E-state index is 0.0744. The van der Waals surface area contributed by atoms with Gasteiger partial charge in [-0.05, 0) is 17.5 Å². The van der Waals surface area contributed by atoms with Gasteiger partial charge in [0.05, 0.1) is 4.92 Å². The van der Waals surface area contributed by atoms with Crippen LogP contribution in [-0.2, 0) is 0 Å². The van der Waals surface area contributed by atoms with Crippen LogP contribution in [0, 0.1) is 10.1 Å². The van der Waals surface area contributed by atoms with Crippen LogP contribution in [0.1, 0.15) is 18.4 Å². The molecule has 2 rings (SSSR count). The van der Waals surface area contributed by atoms with Crippen molar-refractivity contribution >= 4 is 23.1 Å². The number of nitro groups is 1. The van der Waals surface area contributed by atoms with Crippen molar-refractivity contribution in [3.8, 4) is 0 Å². The molecule has 1 heterocycles. The van der Waals surface area contributed by atoms with Crippen LogP contribution in [0.5, 0.6) is 0 Å². The summed E-state index contributed by atoms with van der Waals surface area (Å²) in [7, 11) is 0. The Labute approximate surface area is 121 Å². The van der Waals surface area contributed by atoms with Crippen LogP contribution in [0.15, 0.2) is 42.5 Å². The summed E-state index contributed by atoms with van der Waals surface area (Å²) in [5.74, 6) is 0.405. The summed E-state index contributed by atoms with van der Waals surface area (Å²) in [6.07, 6.45) is 0. The maximum atomic E-state index is 10.9. The number of nitrogens with one attached hydrogen (secondary N) is 1. The highest BCUT2D eigenvalue weighted by atomic mass is 35.5. The number of pyridine rings is 1. The Balaban J connectivity index is 2.11. The van der Waals surface area contributed by atoms with E-state index in [0.717, 1.165) is 5.56 Å². The molecule has 0 spiro atoms. The van der Waals surface area contributed by atoms with E-state index in [0.29, 0.717) is 6.54 Å². The molecular formula is C14H14ClN3O2. The van der Waals surface area contributed by atoms with Gasteiger partial charge in [-0.15, -0.1) is 0 Å². The lowest BCUT2D eigenvalue weighted by Crippen LogP contribution is -2.12. The number of rotatable bonds is 5. The van der Waals surface area contributed by atoms with E-state index in [1.165, 1.54) is 12.1 Å². The molecule has 1 atom stereocenters. The van der Waals surface area contributed by atoms with Crippen molar-refractivity contribution < 1.29 is 4.92 Å². The monoisotopic (exact) mass is 291 g/mol. The van der Waals surface area contributed by atoms with E-state index in [1.54, 1.807) is 0 Å². The molecule has 0 aliphatic heterocycles. The molecule has 20 heavy (non-hydrogen) atoms. The average molecular weight is 292 g/mol. The second-order valence-corrected chi connectivity index (χ2v) is 4.84. The number of aromatic nitrogens is 1. The molecule has 5 nitrogen and oxygen atoms in total. The standard InChI is InChI=1S/C14H14ClN3O2/c1-10(11-5-3-2-4-6-11)9-16-14-12(18(19)20)7-8-13(15)17-14/h2-8,10H,9H2,1H3,(H,16,17). The fourth-order valence-electron chi connectivity index (χ4n) is 1.85. The van der Waals surface area contributed by atoms with Gasteiger partial charge in [0.25, 0.3) is 0 Å². The molecule has 0 radical (unpaired) electrons. The van der Waals surface area contributed by atoms with E-state index in [-0.39, 0.29) is 22.6 Å². The molecule has 0 aliphatic rings. The van der Waals surface area contributed by atoms with Gasteiger partial charge in [-0.3, -0.25) is 10.1 Å². The SMILES string of the molecule is CC(CNc1nc(Cl)ccc1[N+](=O)[O-])c1ccccc1. The van der Waals surface area contributed by atoms with Gasteiger partial charge in [0, 0.05) is 12.6 Å². The van der Waals surface area contributed by atoms with Crippen LogP contribution in [0.2, 0.25) is 5.15 Å². The summed E-state index contributed by atoms with van der Waals surface area (Å²) >= 11 is 5.78. The van der Waals surface area contributed by atoms with Gasteiger partial charge in [0.1, 0.15) is 5.15 Å². The van der Waals surface area contributed by atoms with E-state index in [2.05, 4.69) is 10.3 Å². The van der Waals surface area contributed by atoms with E-state index in [1.807, 2.05) is 37.3 Å². The molecule has 0 saturated carbocycles. The van der Waals surface area contributed by atoms with Gasteiger partial charge in [-0.1, -0.05) is 48.9 Å². The highest BCUT2D eigenvalue weighted by Crippen LogP contribution is 2.25. The average Bonchev–Trinajstić information content (AvgIpc) is 2.45. The fraction of sp³-hybridized carbons (Fsp3) is 0.214. The van der Waals surface area contributed by atoms with Crippen LogP contribution >= 0.6 is 11.6 Å². The molecule has 6 heteroatoms. The van der Waals surface area contributed by atoms with Crippen LogP contribution in [0.25, 0.3) is 0 Å². The summed E-state index contributed by atoms with van der Waals surface area (Å²) < 4.78 is 0. The van der Waals surface area contributed by atoms with Gasteiger partial charge in [0.15, 0.2) is 0 Å². The second-order valence-electron chi connectivity index (χ2n) is 4.45. The molecule has 2 aromatic rings. The maximum absolute atomic E-state index is 10.9. The highest BCUT2D eigenvalue weighted by Gasteiger charge is 2.16. The Hall–Kier alpha value is -2.14. The Morgan fingerprint density at radius 3 is 2.65 bits per heavy atom. The van der Waals surface area contributed by atoms with Gasteiger partial charge in [0.2, 0.25) is 5.82 Å². The maximum Gasteiger partial charge on any atom is 0.311 e.